The molecule has 0 aliphatic carbocycles. The first-order chi connectivity index (χ1) is 10.9. The van der Waals surface area contributed by atoms with E-state index in [1.54, 1.807) is 4.90 Å². The molecule has 7 heteroatoms. The van der Waals surface area contributed by atoms with Gasteiger partial charge in [0.15, 0.2) is 5.69 Å². The van der Waals surface area contributed by atoms with Crippen LogP contribution in [0.15, 0.2) is 16.9 Å². The monoisotopic (exact) mass is 315 g/mol. The van der Waals surface area contributed by atoms with Gasteiger partial charge < -0.3 is 15.6 Å². The Labute approximate surface area is 134 Å². The molecule has 7 nitrogen and oxygen atoms in total. The van der Waals surface area contributed by atoms with E-state index in [1.165, 1.54) is 0 Å². The van der Waals surface area contributed by atoms with Crippen LogP contribution in [0.2, 0.25) is 0 Å². The van der Waals surface area contributed by atoms with E-state index in [0.717, 1.165) is 28.9 Å². The zero-order valence-corrected chi connectivity index (χ0v) is 13.7. The number of rotatable bonds is 1. The fourth-order valence-electron chi connectivity index (χ4n) is 2.76. The lowest BCUT2D eigenvalue weighted by molar-refractivity contribution is 0.0656. The Hall–Kier alpha value is -2.41. The smallest absolute Gasteiger partial charge is 0.300 e. The van der Waals surface area contributed by atoms with E-state index in [0.29, 0.717) is 24.1 Å². The minimum atomic E-state index is -0.551. The van der Waals surface area contributed by atoms with Gasteiger partial charge in [-0.3, -0.25) is 9.59 Å². The van der Waals surface area contributed by atoms with Gasteiger partial charge in [0.05, 0.1) is 11.0 Å². The highest BCUT2D eigenvalue weighted by atomic mass is 16.2. The molecule has 0 radical (unpaired) electrons. The third-order valence-corrected chi connectivity index (χ3v) is 4.50. The van der Waals surface area contributed by atoms with Crippen molar-refractivity contribution in [3.05, 3.63) is 39.3 Å². The molecule has 1 aromatic carbocycles. The first-order valence-corrected chi connectivity index (χ1v) is 7.65. The quantitative estimate of drug-likeness (QED) is 0.755. The van der Waals surface area contributed by atoms with Crippen molar-refractivity contribution in [3.8, 4) is 0 Å². The van der Waals surface area contributed by atoms with Gasteiger partial charge in [-0.25, -0.2) is 9.66 Å². The summed E-state index contributed by atoms with van der Waals surface area (Å²) in [6.45, 7) is 6.66. The zero-order valence-electron chi connectivity index (χ0n) is 13.7. The Morgan fingerprint density at radius 2 is 1.74 bits per heavy atom. The predicted molar refractivity (Wildman–Crippen MR) is 89.0 cm³/mol. The Bertz CT molecular complexity index is 834. The molecule has 122 valence electrons. The van der Waals surface area contributed by atoms with E-state index in [-0.39, 0.29) is 11.6 Å². The number of hydrogen-bond donors (Lipinski definition) is 1. The third kappa shape index (κ3) is 2.68. The van der Waals surface area contributed by atoms with Crippen LogP contribution >= 0.6 is 0 Å². The molecule has 0 unspecified atom stereocenters. The maximum atomic E-state index is 12.7. The van der Waals surface area contributed by atoms with Crippen LogP contribution in [0.4, 0.5) is 0 Å². The van der Waals surface area contributed by atoms with Gasteiger partial charge in [-0.1, -0.05) is 0 Å². The van der Waals surface area contributed by atoms with Gasteiger partial charge >= 0.3 is 5.56 Å². The highest BCUT2D eigenvalue weighted by molar-refractivity contribution is 5.94. The van der Waals surface area contributed by atoms with Crippen molar-refractivity contribution in [1.29, 1.82) is 0 Å². The molecular weight excluding hydrogens is 294 g/mol. The lowest BCUT2D eigenvalue weighted by atomic mass is 10.1. The van der Waals surface area contributed by atoms with Crippen LogP contribution in [-0.4, -0.2) is 58.6 Å². The summed E-state index contributed by atoms with van der Waals surface area (Å²) in [4.78, 5) is 33.2. The first kappa shape index (κ1) is 15.5. The fourth-order valence-corrected chi connectivity index (χ4v) is 2.76. The lowest BCUT2D eigenvalue weighted by Gasteiger charge is -2.32. The van der Waals surface area contributed by atoms with Crippen molar-refractivity contribution in [2.24, 2.45) is 0 Å². The van der Waals surface area contributed by atoms with Crippen LogP contribution in [0, 0.1) is 13.8 Å². The van der Waals surface area contributed by atoms with Crippen LogP contribution in [0.1, 0.15) is 21.6 Å². The number of amides is 1. The number of carbonyl (C=O) groups is 1. The molecule has 3 rings (SSSR count). The van der Waals surface area contributed by atoms with Crippen molar-refractivity contribution in [3.63, 3.8) is 0 Å². The molecular formula is C16H21N5O2. The topological polar surface area (TPSA) is 84.5 Å². The van der Waals surface area contributed by atoms with Crippen molar-refractivity contribution in [2.45, 2.75) is 13.8 Å². The van der Waals surface area contributed by atoms with Crippen molar-refractivity contribution >= 4 is 16.9 Å². The number of nitrogen functional groups attached to an aromatic ring is 1. The van der Waals surface area contributed by atoms with Gasteiger partial charge in [0.1, 0.15) is 0 Å². The van der Waals surface area contributed by atoms with Gasteiger partial charge in [0.25, 0.3) is 5.91 Å². The maximum absolute atomic E-state index is 12.7. The summed E-state index contributed by atoms with van der Waals surface area (Å²) in [7, 11) is 2.01. The SMILES string of the molecule is Cc1cc2nc(C(=O)N3CCN(C)CC3)c(=O)n(N)c2cc1C. The number of piperazine rings is 1. The summed E-state index contributed by atoms with van der Waals surface area (Å²) < 4.78 is 1.03. The van der Waals surface area contributed by atoms with Crippen LogP contribution in [0.3, 0.4) is 0 Å². The molecule has 2 heterocycles. The van der Waals surface area contributed by atoms with Crippen LogP contribution in [0.5, 0.6) is 0 Å². The molecule has 23 heavy (non-hydrogen) atoms. The minimum Gasteiger partial charge on any atom is -0.336 e. The standard InChI is InChI=1S/C16H21N5O2/c1-10-8-12-13(9-11(10)2)21(17)16(23)14(18-12)15(22)20-6-4-19(3)5-7-20/h8-9H,4-7,17H2,1-3H3. The molecule has 0 atom stereocenters. The van der Waals surface area contributed by atoms with Crippen LogP contribution in [-0.2, 0) is 0 Å². The van der Waals surface area contributed by atoms with Crippen LogP contribution in [0.25, 0.3) is 11.0 Å². The molecule has 0 saturated carbocycles. The summed E-state index contributed by atoms with van der Waals surface area (Å²) in [6, 6.07) is 3.68. The molecule has 1 amide bonds. The van der Waals surface area contributed by atoms with E-state index in [9.17, 15) is 9.59 Å². The molecule has 1 saturated heterocycles. The normalized spacial score (nSPS) is 16.0. The van der Waals surface area contributed by atoms with E-state index in [2.05, 4.69) is 9.88 Å². The number of benzene rings is 1. The average molecular weight is 315 g/mol. The van der Waals surface area contributed by atoms with Gasteiger partial charge in [-0.05, 0) is 44.2 Å². The minimum absolute atomic E-state index is 0.104. The number of nitrogens with two attached hydrogens (primary N) is 1. The second-order valence-corrected chi connectivity index (χ2v) is 6.16. The fraction of sp³-hybridized carbons (Fsp3) is 0.438. The molecule has 2 aromatic rings. The second-order valence-electron chi connectivity index (χ2n) is 6.16. The van der Waals surface area contributed by atoms with E-state index in [4.69, 9.17) is 5.84 Å². The first-order valence-electron chi connectivity index (χ1n) is 7.65. The van der Waals surface area contributed by atoms with Crippen molar-refractivity contribution < 1.29 is 4.79 Å². The van der Waals surface area contributed by atoms with Gasteiger partial charge in [0, 0.05) is 26.2 Å². The number of aromatic nitrogens is 2. The summed E-state index contributed by atoms with van der Waals surface area (Å²) in [5.41, 5.74) is 2.51. The number of carbonyl (C=O) groups excluding carboxylic acids is 1. The Morgan fingerprint density at radius 3 is 2.39 bits per heavy atom. The molecule has 1 aliphatic heterocycles. The molecule has 1 fully saturated rings. The average Bonchev–Trinajstić information content (AvgIpc) is 2.53. The van der Waals surface area contributed by atoms with Crippen molar-refractivity contribution in [1.82, 2.24) is 19.5 Å². The third-order valence-electron chi connectivity index (χ3n) is 4.50. The number of fused-ring (bicyclic) bond motifs is 1. The highest BCUT2D eigenvalue weighted by Gasteiger charge is 2.25. The molecule has 0 bridgehead atoms. The highest BCUT2D eigenvalue weighted by Crippen LogP contribution is 2.16. The second kappa shape index (κ2) is 5.66. The van der Waals surface area contributed by atoms with Gasteiger partial charge in [0.2, 0.25) is 0 Å². The van der Waals surface area contributed by atoms with E-state index in [1.807, 2.05) is 33.0 Å². The summed E-state index contributed by atoms with van der Waals surface area (Å²) in [5.74, 6) is 5.57. The van der Waals surface area contributed by atoms with Crippen molar-refractivity contribution in [2.75, 3.05) is 39.1 Å². The van der Waals surface area contributed by atoms with Gasteiger partial charge in [-0.2, -0.15) is 0 Å². The predicted octanol–water partition coefficient (Wildman–Crippen LogP) is 0.115. The molecule has 0 spiro atoms. The summed E-state index contributed by atoms with van der Waals surface area (Å²) >= 11 is 0. The zero-order chi connectivity index (χ0) is 16.7. The molecule has 2 N–H and O–H groups in total. The number of aryl methyl sites for hydroxylation is 2. The summed E-state index contributed by atoms with van der Waals surface area (Å²) in [5, 5.41) is 0. The Morgan fingerprint density at radius 1 is 1.13 bits per heavy atom. The van der Waals surface area contributed by atoms with E-state index >= 15 is 0 Å². The maximum Gasteiger partial charge on any atom is 0.300 e. The number of likely N-dealkylation sites (N-methyl/N-ethyl adjacent to an activating group) is 1. The van der Waals surface area contributed by atoms with Gasteiger partial charge in [-0.15, -0.1) is 0 Å². The Kier molecular flexibility index (Phi) is 3.81. The lowest BCUT2D eigenvalue weighted by Crippen LogP contribution is -2.49. The van der Waals surface area contributed by atoms with Crippen LogP contribution < -0.4 is 11.4 Å². The van der Waals surface area contributed by atoms with E-state index < -0.39 is 5.56 Å². The summed E-state index contributed by atoms with van der Waals surface area (Å²) in [6.07, 6.45) is 0. The molecule has 1 aromatic heterocycles. The largest absolute Gasteiger partial charge is 0.336 e. The molecule has 1 aliphatic rings. The number of hydrogen-bond acceptors (Lipinski definition) is 5. The Balaban J connectivity index is 2.07. The number of nitrogens with zero attached hydrogens (tertiary/aromatic N) is 4.